The molecule has 3 rings (SSSR count). The highest BCUT2D eigenvalue weighted by molar-refractivity contribution is 5.98. The number of benzene rings is 2. The fourth-order valence-electron chi connectivity index (χ4n) is 3.75. The van der Waals surface area contributed by atoms with Gasteiger partial charge in [-0.2, -0.15) is 5.16 Å². The number of aromatic nitrogens is 1. The third-order valence-corrected chi connectivity index (χ3v) is 5.44. The summed E-state index contributed by atoms with van der Waals surface area (Å²) in [6.07, 6.45) is 0.364. The van der Waals surface area contributed by atoms with Gasteiger partial charge >= 0.3 is 0 Å². The first kappa shape index (κ1) is 26.8. The molecule has 0 bridgehead atoms. The van der Waals surface area contributed by atoms with E-state index in [1.54, 1.807) is 52.1 Å². The molecular formula is C26H29F2N3O5. The predicted octanol–water partition coefficient (Wildman–Crippen LogP) is 3.77. The molecule has 1 aromatic heterocycles. The highest BCUT2D eigenvalue weighted by Crippen LogP contribution is 2.30. The molecule has 1 atom stereocenters. The number of aromatic amines is 1. The summed E-state index contributed by atoms with van der Waals surface area (Å²) in [6.45, 7) is 5.56. The molecule has 0 spiro atoms. The van der Waals surface area contributed by atoms with Crippen molar-refractivity contribution in [3.8, 4) is 0 Å². The molecule has 1 unspecified atom stereocenters. The largest absolute Gasteiger partial charge is 0.384 e. The van der Waals surface area contributed by atoms with E-state index in [2.05, 4.69) is 15.8 Å². The van der Waals surface area contributed by atoms with Crippen molar-refractivity contribution in [2.24, 2.45) is 0 Å². The number of amides is 2. The number of rotatable bonds is 9. The summed E-state index contributed by atoms with van der Waals surface area (Å²) in [4.78, 5) is 37.1. The lowest BCUT2D eigenvalue weighted by atomic mass is 9.86. The number of carbonyl (C=O) groups is 2. The lowest BCUT2D eigenvalue weighted by Crippen LogP contribution is -2.37. The Balaban J connectivity index is 1.86. The minimum absolute atomic E-state index is 0.0874. The van der Waals surface area contributed by atoms with E-state index in [-0.39, 0.29) is 23.4 Å². The lowest BCUT2D eigenvalue weighted by molar-refractivity contribution is -0.126. The summed E-state index contributed by atoms with van der Waals surface area (Å²) in [5.74, 6) is -2.78. The first-order valence-electron chi connectivity index (χ1n) is 11.3. The van der Waals surface area contributed by atoms with E-state index in [0.717, 1.165) is 23.8 Å². The number of hydrogen-bond acceptors (Lipinski definition) is 5. The molecule has 2 aromatic carbocycles. The average Bonchev–Trinajstić information content (AvgIpc) is 3.19. The van der Waals surface area contributed by atoms with Crippen LogP contribution in [0.25, 0.3) is 0 Å². The molecule has 3 aromatic rings. The van der Waals surface area contributed by atoms with Crippen molar-refractivity contribution in [1.29, 1.82) is 0 Å². The number of halogens is 2. The third-order valence-electron chi connectivity index (χ3n) is 5.44. The highest BCUT2D eigenvalue weighted by atomic mass is 19.1. The van der Waals surface area contributed by atoms with Crippen LogP contribution in [0.5, 0.6) is 0 Å². The zero-order chi connectivity index (χ0) is 26.5. The molecule has 1 heterocycles. The highest BCUT2D eigenvalue weighted by Gasteiger charge is 2.27. The van der Waals surface area contributed by atoms with Gasteiger partial charge in [0.15, 0.2) is 0 Å². The van der Waals surface area contributed by atoms with Crippen molar-refractivity contribution in [3.63, 3.8) is 0 Å². The van der Waals surface area contributed by atoms with E-state index in [9.17, 15) is 23.2 Å². The Bertz CT molecular complexity index is 1250. The predicted molar refractivity (Wildman–Crippen MR) is 130 cm³/mol. The molecule has 192 valence electrons. The van der Waals surface area contributed by atoms with Gasteiger partial charge in [-0.05, 0) is 35.1 Å². The van der Waals surface area contributed by atoms with Gasteiger partial charge in [-0.1, -0.05) is 45.0 Å². The van der Waals surface area contributed by atoms with Gasteiger partial charge in [0.25, 0.3) is 11.5 Å². The summed E-state index contributed by atoms with van der Waals surface area (Å²) >= 11 is 0. The Kier molecular flexibility index (Phi) is 8.41. The van der Waals surface area contributed by atoms with Crippen LogP contribution in [0, 0.1) is 11.6 Å². The molecule has 2 amide bonds. The maximum absolute atomic E-state index is 14.7. The molecule has 36 heavy (non-hydrogen) atoms. The second-order valence-corrected chi connectivity index (χ2v) is 9.39. The molecule has 3 N–H and O–H groups in total. The minimum Gasteiger partial charge on any atom is -0.384 e. The first-order chi connectivity index (χ1) is 17.0. The molecule has 0 radical (unpaired) electrons. The Morgan fingerprint density at radius 2 is 1.72 bits per heavy atom. The van der Waals surface area contributed by atoms with Crippen LogP contribution < -0.4 is 16.2 Å². The fourth-order valence-corrected chi connectivity index (χ4v) is 3.75. The molecule has 0 saturated carbocycles. The lowest BCUT2D eigenvalue weighted by Gasteiger charge is -2.22. The van der Waals surface area contributed by atoms with Crippen molar-refractivity contribution in [2.75, 3.05) is 19.0 Å². The van der Waals surface area contributed by atoms with Crippen LogP contribution >= 0.6 is 0 Å². The van der Waals surface area contributed by atoms with Crippen molar-refractivity contribution in [1.82, 2.24) is 10.5 Å². The second kappa shape index (κ2) is 11.3. The summed E-state index contributed by atoms with van der Waals surface area (Å²) in [6, 6.07) is 8.97. The van der Waals surface area contributed by atoms with Gasteiger partial charge in [0, 0.05) is 24.4 Å². The standard InChI is InChI=1S/C26H29F2N3O5/c1-26(2,3)23-19(27)11-17(12-20(23)28)29-25(34)24(16-7-5-15(6-8-16)9-10-35-4)30-21(32)13-18-14-22(33)31-36-18/h5-8,11-12,14,24H,9-10,13H2,1-4H3,(H,29,34)(H,30,32)(H,31,33). The van der Waals surface area contributed by atoms with E-state index in [1.807, 2.05) is 0 Å². The van der Waals surface area contributed by atoms with Crippen molar-refractivity contribution < 1.29 is 27.6 Å². The van der Waals surface area contributed by atoms with Crippen LogP contribution in [0.2, 0.25) is 0 Å². The van der Waals surface area contributed by atoms with E-state index in [0.29, 0.717) is 18.6 Å². The van der Waals surface area contributed by atoms with Gasteiger partial charge in [0.2, 0.25) is 5.91 Å². The second-order valence-electron chi connectivity index (χ2n) is 9.39. The van der Waals surface area contributed by atoms with Crippen molar-refractivity contribution in [3.05, 3.63) is 86.9 Å². The summed E-state index contributed by atoms with van der Waals surface area (Å²) in [5, 5.41) is 7.18. The van der Waals surface area contributed by atoms with Crippen LogP contribution in [-0.4, -0.2) is 30.7 Å². The molecular weight excluding hydrogens is 472 g/mol. The van der Waals surface area contributed by atoms with Crippen molar-refractivity contribution in [2.45, 2.75) is 45.1 Å². The van der Waals surface area contributed by atoms with Crippen LogP contribution in [0.1, 0.15) is 49.3 Å². The Morgan fingerprint density at radius 3 is 2.25 bits per heavy atom. The summed E-state index contributed by atoms with van der Waals surface area (Å²) in [5.41, 5.74) is -0.0423. The molecule has 8 nitrogen and oxygen atoms in total. The smallest absolute Gasteiger partial charge is 0.280 e. The summed E-state index contributed by atoms with van der Waals surface area (Å²) < 4.78 is 39.3. The monoisotopic (exact) mass is 501 g/mol. The Labute approximate surface area is 207 Å². The number of carbonyl (C=O) groups excluding carboxylic acids is 2. The number of anilines is 1. The van der Waals surface area contributed by atoms with Crippen LogP contribution in [-0.2, 0) is 32.6 Å². The van der Waals surface area contributed by atoms with E-state index in [1.165, 1.54) is 0 Å². The molecule has 0 aliphatic rings. The van der Waals surface area contributed by atoms with Crippen molar-refractivity contribution >= 4 is 17.5 Å². The number of ether oxygens (including phenoxy) is 1. The number of nitrogens with one attached hydrogen (secondary N) is 3. The van der Waals surface area contributed by atoms with E-state index >= 15 is 0 Å². The van der Waals surface area contributed by atoms with Gasteiger partial charge in [0.05, 0.1) is 13.0 Å². The first-order valence-corrected chi connectivity index (χ1v) is 11.3. The average molecular weight is 502 g/mol. The molecule has 0 fully saturated rings. The Hall–Kier alpha value is -3.79. The Morgan fingerprint density at radius 1 is 1.08 bits per heavy atom. The van der Waals surface area contributed by atoms with Crippen LogP contribution in [0.3, 0.4) is 0 Å². The normalized spacial score (nSPS) is 12.3. The zero-order valence-electron chi connectivity index (χ0n) is 20.5. The number of hydrogen-bond donors (Lipinski definition) is 3. The minimum atomic E-state index is -1.19. The maximum Gasteiger partial charge on any atom is 0.280 e. The molecule has 0 saturated heterocycles. The maximum atomic E-state index is 14.7. The fraction of sp³-hybridized carbons (Fsp3) is 0.346. The van der Waals surface area contributed by atoms with Crippen LogP contribution in [0.15, 0.2) is 51.8 Å². The quantitative estimate of drug-likeness (QED) is 0.413. The summed E-state index contributed by atoms with van der Waals surface area (Å²) in [7, 11) is 1.59. The van der Waals surface area contributed by atoms with Gasteiger partial charge in [-0.25, -0.2) is 8.78 Å². The van der Waals surface area contributed by atoms with E-state index in [4.69, 9.17) is 9.26 Å². The number of H-pyrrole nitrogens is 1. The molecule has 10 heteroatoms. The van der Waals surface area contributed by atoms with Gasteiger partial charge < -0.3 is 19.9 Å². The van der Waals surface area contributed by atoms with E-state index < -0.39 is 40.5 Å². The van der Waals surface area contributed by atoms with Gasteiger partial charge in [-0.15, -0.1) is 0 Å². The SMILES string of the molecule is COCCc1ccc(C(NC(=O)Cc2cc(=O)[nH]o2)C(=O)Nc2cc(F)c(C(C)(C)C)c(F)c2)cc1. The topological polar surface area (TPSA) is 113 Å². The number of methoxy groups -OCH3 is 1. The third kappa shape index (κ3) is 6.88. The van der Waals surface area contributed by atoms with Gasteiger partial charge in [-0.3, -0.25) is 14.4 Å². The zero-order valence-corrected chi connectivity index (χ0v) is 20.5. The van der Waals surface area contributed by atoms with Crippen LogP contribution in [0.4, 0.5) is 14.5 Å². The molecule has 0 aliphatic carbocycles. The van der Waals surface area contributed by atoms with Gasteiger partial charge in [0.1, 0.15) is 23.4 Å². The molecule has 0 aliphatic heterocycles.